The monoisotopic (exact) mass is 279 g/mol. The molecule has 1 aromatic heterocycles. The fourth-order valence-electron chi connectivity index (χ4n) is 1.46. The number of halogens is 1. The molecule has 0 bridgehead atoms. The Hall–Kier alpha value is -2.34. The Morgan fingerprint density at radius 1 is 1.42 bits per heavy atom. The van der Waals surface area contributed by atoms with Gasteiger partial charge in [0.1, 0.15) is 17.3 Å². The molecule has 1 amide bonds. The number of nitrogens with zero attached hydrogens (tertiary/aromatic N) is 2. The second-order valence-electron chi connectivity index (χ2n) is 3.54. The van der Waals surface area contributed by atoms with E-state index in [0.717, 1.165) is 0 Å². The molecule has 0 aliphatic rings. The Balaban J connectivity index is 2.25. The number of para-hydroxylation sites is 1. The van der Waals surface area contributed by atoms with Crippen LogP contribution in [0.25, 0.3) is 0 Å². The minimum Gasteiger partial charge on any atom is -0.504 e. The molecule has 0 fully saturated rings. The number of phenolic OH excluding ortho intramolecular Hbond substituents is 1. The number of hydrogen-bond acceptors (Lipinski definition) is 5. The first-order valence-electron chi connectivity index (χ1n) is 5.26. The van der Waals surface area contributed by atoms with Crippen LogP contribution in [0.5, 0.6) is 11.5 Å². The summed E-state index contributed by atoms with van der Waals surface area (Å²) in [4.78, 5) is 19.5. The van der Waals surface area contributed by atoms with E-state index in [1.807, 2.05) is 0 Å². The van der Waals surface area contributed by atoms with Crippen molar-refractivity contribution in [3.05, 3.63) is 41.3 Å². The van der Waals surface area contributed by atoms with E-state index >= 15 is 0 Å². The highest BCUT2D eigenvalue weighted by Crippen LogP contribution is 2.29. The predicted molar refractivity (Wildman–Crippen MR) is 69.7 cm³/mol. The van der Waals surface area contributed by atoms with E-state index in [1.54, 1.807) is 12.1 Å². The molecular weight excluding hydrogens is 270 g/mol. The Bertz CT molecular complexity index is 619. The van der Waals surface area contributed by atoms with E-state index in [9.17, 15) is 9.90 Å². The molecule has 6 nitrogen and oxygen atoms in total. The molecule has 98 valence electrons. The standard InChI is InChI=1S/C12H10ClN3O3/c1-19-8-4-2-3-7(11(8)17)12(18)16-10-5-9(13)14-6-15-10/h2-6,17H,1H3,(H,14,15,16,18). The number of rotatable bonds is 3. The summed E-state index contributed by atoms with van der Waals surface area (Å²) in [5.74, 6) is -0.297. The van der Waals surface area contributed by atoms with Crippen LogP contribution in [0.1, 0.15) is 10.4 Å². The molecule has 0 spiro atoms. The third kappa shape index (κ3) is 2.92. The number of nitrogens with one attached hydrogen (secondary N) is 1. The van der Waals surface area contributed by atoms with Crippen molar-refractivity contribution in [2.75, 3.05) is 12.4 Å². The molecule has 0 unspecified atom stereocenters. The van der Waals surface area contributed by atoms with Crippen LogP contribution in [0.15, 0.2) is 30.6 Å². The first kappa shape index (κ1) is 13.1. The first-order valence-corrected chi connectivity index (χ1v) is 5.64. The number of phenols is 1. The van der Waals surface area contributed by atoms with E-state index in [4.69, 9.17) is 16.3 Å². The van der Waals surface area contributed by atoms with Gasteiger partial charge in [0.05, 0.1) is 12.7 Å². The van der Waals surface area contributed by atoms with Gasteiger partial charge in [-0.3, -0.25) is 4.79 Å². The van der Waals surface area contributed by atoms with Gasteiger partial charge in [-0.25, -0.2) is 9.97 Å². The Kier molecular flexibility index (Phi) is 3.82. The zero-order valence-electron chi connectivity index (χ0n) is 9.92. The molecule has 0 radical (unpaired) electrons. The summed E-state index contributed by atoms with van der Waals surface area (Å²) in [5, 5.41) is 12.6. The summed E-state index contributed by atoms with van der Waals surface area (Å²) < 4.78 is 4.93. The van der Waals surface area contributed by atoms with E-state index in [-0.39, 0.29) is 28.0 Å². The summed E-state index contributed by atoms with van der Waals surface area (Å²) in [6, 6.07) is 6.01. The average Bonchev–Trinajstić information content (AvgIpc) is 2.39. The maximum absolute atomic E-state index is 12.0. The highest BCUT2D eigenvalue weighted by molar-refractivity contribution is 6.29. The smallest absolute Gasteiger partial charge is 0.260 e. The highest BCUT2D eigenvalue weighted by atomic mass is 35.5. The molecule has 2 N–H and O–H groups in total. The molecule has 2 aromatic rings. The minimum atomic E-state index is -0.522. The van der Waals surface area contributed by atoms with E-state index in [1.165, 1.54) is 25.6 Å². The number of aromatic nitrogens is 2. The molecular formula is C12H10ClN3O3. The second kappa shape index (κ2) is 5.53. The molecule has 1 aromatic carbocycles. The summed E-state index contributed by atoms with van der Waals surface area (Å²) in [7, 11) is 1.40. The molecule has 7 heteroatoms. The van der Waals surface area contributed by atoms with Gasteiger partial charge in [0, 0.05) is 6.07 Å². The topological polar surface area (TPSA) is 84.3 Å². The van der Waals surface area contributed by atoms with Gasteiger partial charge in [0.25, 0.3) is 5.91 Å². The van der Waals surface area contributed by atoms with Crippen molar-refractivity contribution >= 4 is 23.3 Å². The zero-order valence-corrected chi connectivity index (χ0v) is 10.7. The molecule has 0 saturated carbocycles. The van der Waals surface area contributed by atoms with Crippen LogP contribution in [0.4, 0.5) is 5.82 Å². The molecule has 19 heavy (non-hydrogen) atoms. The van der Waals surface area contributed by atoms with E-state index < -0.39 is 5.91 Å². The predicted octanol–water partition coefficient (Wildman–Crippen LogP) is 2.10. The lowest BCUT2D eigenvalue weighted by molar-refractivity contribution is 0.102. The number of benzene rings is 1. The van der Waals surface area contributed by atoms with Gasteiger partial charge in [-0.05, 0) is 12.1 Å². The normalized spacial score (nSPS) is 10.0. The van der Waals surface area contributed by atoms with Crippen LogP contribution < -0.4 is 10.1 Å². The number of aromatic hydroxyl groups is 1. The lowest BCUT2D eigenvalue weighted by Crippen LogP contribution is -2.13. The summed E-state index contributed by atoms with van der Waals surface area (Å²) in [6.07, 6.45) is 1.23. The number of ether oxygens (including phenoxy) is 1. The van der Waals surface area contributed by atoms with E-state index in [2.05, 4.69) is 15.3 Å². The number of amides is 1. The van der Waals surface area contributed by atoms with Gasteiger partial charge >= 0.3 is 0 Å². The second-order valence-corrected chi connectivity index (χ2v) is 3.92. The molecule has 0 aliphatic heterocycles. The SMILES string of the molecule is COc1cccc(C(=O)Nc2cc(Cl)ncn2)c1O. The lowest BCUT2D eigenvalue weighted by Gasteiger charge is -2.08. The first-order chi connectivity index (χ1) is 9.11. The van der Waals surface area contributed by atoms with Crippen molar-refractivity contribution in [1.82, 2.24) is 9.97 Å². The average molecular weight is 280 g/mol. The van der Waals surface area contributed by atoms with Crippen molar-refractivity contribution in [1.29, 1.82) is 0 Å². The van der Waals surface area contributed by atoms with Crippen LogP contribution in [-0.4, -0.2) is 28.1 Å². The molecule has 0 aliphatic carbocycles. The number of carbonyl (C=O) groups is 1. The number of hydrogen-bond donors (Lipinski definition) is 2. The Morgan fingerprint density at radius 2 is 2.21 bits per heavy atom. The number of carbonyl (C=O) groups excluding carboxylic acids is 1. The minimum absolute atomic E-state index is 0.0779. The molecule has 1 heterocycles. The largest absolute Gasteiger partial charge is 0.504 e. The van der Waals surface area contributed by atoms with Crippen LogP contribution in [0, 0.1) is 0 Å². The fourth-order valence-corrected chi connectivity index (χ4v) is 1.60. The van der Waals surface area contributed by atoms with Gasteiger partial charge < -0.3 is 15.2 Å². The Morgan fingerprint density at radius 3 is 2.89 bits per heavy atom. The summed E-state index contributed by atoms with van der Waals surface area (Å²) in [5.41, 5.74) is 0.0779. The zero-order chi connectivity index (χ0) is 13.8. The lowest BCUT2D eigenvalue weighted by atomic mass is 10.1. The van der Waals surface area contributed by atoms with Crippen molar-refractivity contribution in [3.8, 4) is 11.5 Å². The van der Waals surface area contributed by atoms with Crippen molar-refractivity contribution in [2.24, 2.45) is 0 Å². The molecule has 2 rings (SSSR count). The van der Waals surface area contributed by atoms with Crippen LogP contribution >= 0.6 is 11.6 Å². The number of anilines is 1. The van der Waals surface area contributed by atoms with Crippen LogP contribution in [0.3, 0.4) is 0 Å². The third-order valence-electron chi connectivity index (χ3n) is 2.34. The maximum Gasteiger partial charge on any atom is 0.260 e. The van der Waals surface area contributed by atoms with Crippen molar-refractivity contribution in [3.63, 3.8) is 0 Å². The third-order valence-corrected chi connectivity index (χ3v) is 2.55. The van der Waals surface area contributed by atoms with Gasteiger partial charge in [0.2, 0.25) is 0 Å². The van der Waals surface area contributed by atoms with Crippen molar-refractivity contribution in [2.45, 2.75) is 0 Å². The molecule has 0 saturated heterocycles. The summed E-state index contributed by atoms with van der Waals surface area (Å²) >= 11 is 5.68. The van der Waals surface area contributed by atoms with Crippen LogP contribution in [0.2, 0.25) is 5.15 Å². The van der Waals surface area contributed by atoms with Gasteiger partial charge in [-0.1, -0.05) is 17.7 Å². The maximum atomic E-state index is 12.0. The van der Waals surface area contributed by atoms with Crippen molar-refractivity contribution < 1.29 is 14.6 Å². The van der Waals surface area contributed by atoms with E-state index in [0.29, 0.717) is 0 Å². The fraction of sp³-hybridized carbons (Fsp3) is 0.0833. The van der Waals surface area contributed by atoms with Gasteiger partial charge in [-0.2, -0.15) is 0 Å². The van der Waals surface area contributed by atoms with Crippen LogP contribution in [-0.2, 0) is 0 Å². The van der Waals surface area contributed by atoms with Gasteiger partial charge in [0.15, 0.2) is 11.5 Å². The van der Waals surface area contributed by atoms with Gasteiger partial charge in [-0.15, -0.1) is 0 Å². The number of methoxy groups -OCH3 is 1. The summed E-state index contributed by atoms with van der Waals surface area (Å²) in [6.45, 7) is 0. The Labute approximate surface area is 114 Å². The quantitative estimate of drug-likeness (QED) is 0.841. The highest BCUT2D eigenvalue weighted by Gasteiger charge is 2.15. The molecule has 0 atom stereocenters.